The zero-order valence-electron chi connectivity index (χ0n) is 15.9. The highest BCUT2D eigenvalue weighted by molar-refractivity contribution is 7.50. The van der Waals surface area contributed by atoms with Crippen LogP contribution in [0.2, 0.25) is 0 Å². The van der Waals surface area contributed by atoms with E-state index in [-0.39, 0.29) is 5.91 Å². The number of ether oxygens (including phenoxy) is 1. The zero-order chi connectivity index (χ0) is 19.4. The molecule has 1 aromatic carbocycles. The van der Waals surface area contributed by atoms with Crippen molar-refractivity contribution < 1.29 is 23.9 Å². The Morgan fingerprint density at radius 3 is 2.42 bits per heavy atom. The molecule has 1 aromatic rings. The lowest BCUT2D eigenvalue weighted by Gasteiger charge is -2.14. The second kappa shape index (κ2) is 12.1. The second-order valence-corrected chi connectivity index (χ2v) is 8.20. The number of hydrogen-bond donors (Lipinski definition) is 3. The monoisotopic (exact) mass is 385 g/mol. The van der Waals surface area contributed by atoms with E-state index in [0.717, 1.165) is 38.5 Å². The summed E-state index contributed by atoms with van der Waals surface area (Å²) in [7, 11) is -4.25. The van der Waals surface area contributed by atoms with Crippen molar-refractivity contribution in [2.24, 2.45) is 0 Å². The fraction of sp³-hybridized carbons (Fsp3) is 0.632. The highest BCUT2D eigenvalue weighted by Crippen LogP contribution is 2.42. The molecule has 0 aliphatic rings. The van der Waals surface area contributed by atoms with Crippen molar-refractivity contribution in [1.82, 2.24) is 0 Å². The van der Waals surface area contributed by atoms with Crippen molar-refractivity contribution in [3.05, 3.63) is 23.8 Å². The Kier molecular flexibility index (Phi) is 10.6. The van der Waals surface area contributed by atoms with E-state index in [2.05, 4.69) is 19.2 Å². The van der Waals surface area contributed by atoms with E-state index in [9.17, 15) is 19.1 Å². The van der Waals surface area contributed by atoms with Crippen LogP contribution >= 0.6 is 7.60 Å². The predicted octanol–water partition coefficient (Wildman–Crippen LogP) is 4.84. The van der Waals surface area contributed by atoms with Crippen molar-refractivity contribution in [2.45, 2.75) is 71.4 Å². The number of nitrogens with one attached hydrogen (secondary N) is 1. The van der Waals surface area contributed by atoms with Crippen molar-refractivity contribution >= 4 is 19.2 Å². The Hall–Kier alpha value is -1.36. The third-order valence-corrected chi connectivity index (χ3v) is 4.75. The standard InChI is InChI=1S/C19H32NO5P/c1-3-5-7-8-9-10-19(21)20-18-12-11-17(25-13-6-4-2)14-16(18)15-26(22,23)24/h11-12,14H,3-10,13,15H2,1-2H3,(H,20,21)(H2,22,23,24). The van der Waals surface area contributed by atoms with Crippen LogP contribution in [0.4, 0.5) is 5.69 Å². The minimum Gasteiger partial charge on any atom is -0.494 e. The molecule has 0 radical (unpaired) electrons. The van der Waals surface area contributed by atoms with Crippen LogP contribution in [-0.2, 0) is 15.5 Å². The van der Waals surface area contributed by atoms with Gasteiger partial charge in [0.25, 0.3) is 0 Å². The van der Waals surface area contributed by atoms with Gasteiger partial charge in [-0.25, -0.2) is 0 Å². The highest BCUT2D eigenvalue weighted by atomic mass is 31.2. The molecule has 7 heteroatoms. The van der Waals surface area contributed by atoms with Gasteiger partial charge in [0.15, 0.2) is 0 Å². The number of anilines is 1. The fourth-order valence-electron chi connectivity index (χ4n) is 2.57. The molecule has 1 amide bonds. The number of rotatable bonds is 13. The van der Waals surface area contributed by atoms with E-state index in [1.165, 1.54) is 6.42 Å². The maximum atomic E-state index is 12.1. The van der Waals surface area contributed by atoms with Crippen molar-refractivity contribution in [3.8, 4) is 5.75 Å². The molecule has 6 nitrogen and oxygen atoms in total. The molecule has 1 rings (SSSR count). The van der Waals surface area contributed by atoms with E-state index in [0.29, 0.717) is 30.0 Å². The predicted molar refractivity (Wildman–Crippen MR) is 105 cm³/mol. The SMILES string of the molecule is CCCCCCCC(=O)Nc1ccc(OCCCC)cc1CP(=O)(O)O. The molecule has 0 aliphatic carbocycles. The van der Waals surface area contributed by atoms with Gasteiger partial charge in [0.1, 0.15) is 5.75 Å². The average Bonchev–Trinajstić information content (AvgIpc) is 2.56. The van der Waals surface area contributed by atoms with Crippen LogP contribution in [-0.4, -0.2) is 22.3 Å². The Bertz CT molecular complexity index is 600. The summed E-state index contributed by atoms with van der Waals surface area (Å²) < 4.78 is 17.0. The van der Waals surface area contributed by atoms with Crippen LogP contribution in [0.1, 0.15) is 70.8 Å². The number of unbranched alkanes of at least 4 members (excludes halogenated alkanes) is 5. The number of carbonyl (C=O) groups is 1. The lowest BCUT2D eigenvalue weighted by molar-refractivity contribution is -0.116. The quantitative estimate of drug-likeness (QED) is 0.333. The maximum absolute atomic E-state index is 12.1. The molecule has 148 valence electrons. The third-order valence-electron chi connectivity index (χ3n) is 4.00. The van der Waals surface area contributed by atoms with Gasteiger partial charge in [-0.1, -0.05) is 46.0 Å². The number of hydrogen-bond acceptors (Lipinski definition) is 3. The molecule has 3 N–H and O–H groups in total. The molecular formula is C19H32NO5P. The summed E-state index contributed by atoms with van der Waals surface area (Å²) in [5.41, 5.74) is 0.835. The van der Waals surface area contributed by atoms with Gasteiger partial charge in [0, 0.05) is 12.1 Å². The van der Waals surface area contributed by atoms with E-state index < -0.39 is 13.8 Å². The van der Waals surface area contributed by atoms with Crippen LogP contribution in [0.5, 0.6) is 5.75 Å². The van der Waals surface area contributed by atoms with Gasteiger partial charge < -0.3 is 19.8 Å². The van der Waals surface area contributed by atoms with Gasteiger partial charge in [-0.05, 0) is 36.6 Å². The van der Waals surface area contributed by atoms with E-state index in [1.807, 2.05) is 0 Å². The van der Waals surface area contributed by atoms with E-state index in [1.54, 1.807) is 18.2 Å². The third kappa shape index (κ3) is 9.95. The van der Waals surface area contributed by atoms with Crippen LogP contribution in [0, 0.1) is 0 Å². The first-order chi connectivity index (χ1) is 12.4. The highest BCUT2D eigenvalue weighted by Gasteiger charge is 2.18. The first-order valence-electron chi connectivity index (χ1n) is 9.46. The van der Waals surface area contributed by atoms with E-state index >= 15 is 0 Å². The lowest BCUT2D eigenvalue weighted by atomic mass is 10.1. The van der Waals surface area contributed by atoms with Crippen LogP contribution in [0.3, 0.4) is 0 Å². The Labute approximate surface area is 156 Å². The molecule has 0 unspecified atom stereocenters. The molecule has 0 saturated heterocycles. The largest absolute Gasteiger partial charge is 0.494 e. The maximum Gasteiger partial charge on any atom is 0.329 e. The molecule has 0 heterocycles. The summed E-state index contributed by atoms with van der Waals surface area (Å²) in [6.45, 7) is 4.75. The van der Waals surface area contributed by atoms with Gasteiger partial charge in [-0.15, -0.1) is 0 Å². The fourth-order valence-corrected chi connectivity index (χ4v) is 3.28. The average molecular weight is 385 g/mol. The minimum absolute atomic E-state index is 0.131. The first-order valence-corrected chi connectivity index (χ1v) is 11.3. The summed E-state index contributed by atoms with van der Waals surface area (Å²) in [5, 5.41) is 2.78. The zero-order valence-corrected chi connectivity index (χ0v) is 16.8. The van der Waals surface area contributed by atoms with Crippen molar-refractivity contribution in [2.75, 3.05) is 11.9 Å². The Balaban J connectivity index is 2.71. The van der Waals surface area contributed by atoms with Gasteiger partial charge >= 0.3 is 7.60 Å². The van der Waals surface area contributed by atoms with Gasteiger partial charge in [-0.2, -0.15) is 0 Å². The molecule has 0 saturated carbocycles. The molecule has 0 aliphatic heterocycles. The number of amides is 1. The summed E-state index contributed by atoms with van der Waals surface area (Å²) >= 11 is 0. The van der Waals surface area contributed by atoms with Crippen LogP contribution in [0.15, 0.2) is 18.2 Å². The molecule has 0 spiro atoms. The van der Waals surface area contributed by atoms with Crippen LogP contribution in [0.25, 0.3) is 0 Å². The van der Waals surface area contributed by atoms with Gasteiger partial charge in [-0.3, -0.25) is 9.36 Å². The van der Waals surface area contributed by atoms with Crippen LogP contribution < -0.4 is 10.1 Å². The Morgan fingerprint density at radius 1 is 1.08 bits per heavy atom. The smallest absolute Gasteiger partial charge is 0.329 e. The lowest BCUT2D eigenvalue weighted by Crippen LogP contribution is -2.13. The summed E-state index contributed by atoms with van der Waals surface area (Å²) in [5.74, 6) is 0.424. The van der Waals surface area contributed by atoms with Crippen molar-refractivity contribution in [3.63, 3.8) is 0 Å². The Morgan fingerprint density at radius 2 is 1.77 bits per heavy atom. The summed E-state index contributed by atoms with van der Waals surface area (Å²) in [4.78, 5) is 30.8. The summed E-state index contributed by atoms with van der Waals surface area (Å²) in [6, 6.07) is 4.97. The molecular weight excluding hydrogens is 353 g/mol. The molecule has 0 atom stereocenters. The number of benzene rings is 1. The molecule has 0 aromatic heterocycles. The molecule has 26 heavy (non-hydrogen) atoms. The normalized spacial score (nSPS) is 11.4. The topological polar surface area (TPSA) is 95.9 Å². The summed E-state index contributed by atoms with van der Waals surface area (Å²) in [6.07, 6.45) is 7.18. The number of carbonyl (C=O) groups excluding carboxylic acids is 1. The second-order valence-electron chi connectivity index (χ2n) is 6.56. The minimum atomic E-state index is -4.25. The van der Waals surface area contributed by atoms with Gasteiger partial charge in [0.05, 0.1) is 12.8 Å². The van der Waals surface area contributed by atoms with Gasteiger partial charge in [0.2, 0.25) is 5.91 Å². The first kappa shape index (κ1) is 22.7. The van der Waals surface area contributed by atoms with E-state index in [4.69, 9.17) is 4.74 Å². The molecule has 0 bridgehead atoms. The van der Waals surface area contributed by atoms with Crippen molar-refractivity contribution in [1.29, 1.82) is 0 Å². The molecule has 0 fully saturated rings.